The molecule has 2 aliphatic carbocycles. The van der Waals surface area contributed by atoms with Crippen LogP contribution in [-0.2, 0) is 24.7 Å². The minimum Gasteiger partial charge on any atom is -0.192 e. The summed E-state index contributed by atoms with van der Waals surface area (Å²) in [6, 6.07) is 32.7. The number of hydrogen-bond donors (Lipinski definition) is 0. The minimum absolute atomic E-state index is 0.0339. The molecule has 4 nitrogen and oxygen atoms in total. The third-order valence-corrected chi connectivity index (χ3v) is 12.2. The Balaban J connectivity index is 1.34. The summed E-state index contributed by atoms with van der Waals surface area (Å²) in [5, 5.41) is 41.4. The van der Waals surface area contributed by atoms with E-state index in [-0.39, 0.29) is 77.9 Å². The molecule has 0 heterocycles. The molecule has 70 heavy (non-hydrogen) atoms. The number of nitriles is 4. The Hall–Kier alpha value is -8.86. The zero-order valence-electron chi connectivity index (χ0n) is 35.0. The van der Waals surface area contributed by atoms with Crippen LogP contribution < -0.4 is 0 Å². The van der Waals surface area contributed by atoms with Gasteiger partial charge < -0.3 is 0 Å². The van der Waals surface area contributed by atoms with Gasteiger partial charge in [0.1, 0.15) is 35.4 Å². The van der Waals surface area contributed by atoms with Crippen molar-refractivity contribution in [2.45, 2.75) is 24.7 Å². The van der Waals surface area contributed by atoms with Crippen molar-refractivity contribution in [3.05, 3.63) is 189 Å². The van der Waals surface area contributed by atoms with Gasteiger partial charge in [0, 0.05) is 11.1 Å². The summed E-state index contributed by atoms with van der Waals surface area (Å²) in [6.07, 6.45) is -18.9. The summed E-state index contributed by atoms with van der Waals surface area (Å²) in [5.74, 6) is 0. The van der Waals surface area contributed by atoms with Gasteiger partial charge >= 0.3 is 24.7 Å². The fourth-order valence-corrected chi connectivity index (χ4v) is 8.93. The number of nitrogens with zero attached hydrogens (tertiary/aromatic N) is 4. The predicted molar refractivity (Wildman–Crippen MR) is 234 cm³/mol. The van der Waals surface area contributed by atoms with Crippen LogP contribution in [0.4, 0.5) is 52.7 Å². The number of alkyl halides is 12. The average Bonchev–Trinajstić information content (AvgIpc) is 3.80. The van der Waals surface area contributed by atoms with E-state index >= 15 is 0 Å². The molecular weight excluding hydrogens is 933 g/mol. The maximum Gasteiger partial charge on any atom is 0.416 e. The summed E-state index contributed by atoms with van der Waals surface area (Å²) >= 11 is 0. The molecule has 0 unspecified atom stereocenters. The minimum atomic E-state index is -4.72. The molecule has 0 fully saturated rings. The van der Waals surface area contributed by atoms with E-state index in [1.54, 1.807) is 18.2 Å². The fraction of sp³-hybridized carbons (Fsp3) is 0.0741. The number of halogens is 12. The van der Waals surface area contributed by atoms with Crippen LogP contribution in [0.5, 0.6) is 0 Å². The SMILES string of the molecule is N#CC(C#N)=C1c2cc3c(cc2-c2cc(-c4ccc(C(F)(F)F)cc4)c(-c4ccc(C(F)(F)F)cc4)cc21)-c1cc(-c2ccc(C(F)(F)F)cc2)c(-c2ccc(C(F)(F)F)cc2)cc1C3=C(C#N)C#N. The van der Waals surface area contributed by atoms with Crippen LogP contribution in [-0.4, -0.2) is 0 Å². The van der Waals surface area contributed by atoms with Gasteiger partial charge in [-0.15, -0.1) is 0 Å². The summed E-state index contributed by atoms with van der Waals surface area (Å²) < 4.78 is 165. The lowest BCUT2D eigenvalue weighted by Crippen LogP contribution is -2.04. The maximum atomic E-state index is 13.7. The van der Waals surface area contributed by atoms with E-state index < -0.39 is 58.1 Å². The number of fused-ring (bicyclic) bond motifs is 6. The van der Waals surface area contributed by atoms with Crippen LogP contribution >= 0.6 is 0 Å². The molecule has 16 heteroatoms. The molecule has 7 aromatic rings. The molecule has 342 valence electrons. The zero-order valence-corrected chi connectivity index (χ0v) is 35.0. The van der Waals surface area contributed by atoms with E-state index in [4.69, 9.17) is 0 Å². The molecule has 0 atom stereocenters. The predicted octanol–water partition coefficient (Wildman–Crippen LogP) is 16.1. The van der Waals surface area contributed by atoms with Crippen LogP contribution in [0.25, 0.3) is 77.9 Å². The van der Waals surface area contributed by atoms with Gasteiger partial charge in [-0.3, -0.25) is 0 Å². The van der Waals surface area contributed by atoms with Crippen molar-refractivity contribution in [1.29, 1.82) is 21.0 Å². The summed E-state index contributed by atoms with van der Waals surface area (Å²) in [7, 11) is 0. The average molecular weight is 955 g/mol. The van der Waals surface area contributed by atoms with Gasteiger partial charge in [0.2, 0.25) is 0 Å². The highest BCUT2D eigenvalue weighted by Gasteiger charge is 2.37. The van der Waals surface area contributed by atoms with Gasteiger partial charge in [0.05, 0.1) is 22.3 Å². The van der Waals surface area contributed by atoms with Crippen molar-refractivity contribution in [2.75, 3.05) is 0 Å². The lowest BCUT2D eigenvalue weighted by Gasteiger charge is -2.17. The maximum absolute atomic E-state index is 13.7. The Kier molecular flexibility index (Phi) is 10.9. The molecule has 0 saturated heterocycles. The molecule has 0 saturated carbocycles. The van der Waals surface area contributed by atoms with Crippen molar-refractivity contribution in [3.8, 4) is 91.0 Å². The largest absolute Gasteiger partial charge is 0.416 e. The summed E-state index contributed by atoms with van der Waals surface area (Å²) in [6.45, 7) is 0. The Labute approximate surface area is 388 Å². The zero-order chi connectivity index (χ0) is 50.2. The second-order valence-electron chi connectivity index (χ2n) is 16.1. The topological polar surface area (TPSA) is 95.2 Å². The molecule has 9 rings (SSSR count). The van der Waals surface area contributed by atoms with Crippen molar-refractivity contribution in [3.63, 3.8) is 0 Å². The van der Waals surface area contributed by atoms with E-state index in [9.17, 15) is 73.7 Å². The first-order valence-corrected chi connectivity index (χ1v) is 20.4. The fourth-order valence-electron chi connectivity index (χ4n) is 8.93. The van der Waals surface area contributed by atoms with Crippen molar-refractivity contribution in [1.82, 2.24) is 0 Å². The first-order valence-electron chi connectivity index (χ1n) is 20.4. The van der Waals surface area contributed by atoms with Crippen LogP contribution in [0.3, 0.4) is 0 Å². The first kappa shape index (κ1) is 46.3. The Morgan fingerprint density at radius 2 is 0.429 bits per heavy atom. The third kappa shape index (κ3) is 7.89. The van der Waals surface area contributed by atoms with Gasteiger partial charge in [-0.05, 0) is 174 Å². The number of hydrogen-bond acceptors (Lipinski definition) is 4. The Morgan fingerprint density at radius 3 is 0.614 bits per heavy atom. The van der Waals surface area contributed by atoms with Gasteiger partial charge in [0.25, 0.3) is 0 Å². The van der Waals surface area contributed by atoms with Crippen LogP contribution in [0.1, 0.15) is 44.5 Å². The molecule has 0 bridgehead atoms. The summed E-state index contributed by atoms with van der Waals surface area (Å²) in [5.41, 5.74) is -0.961. The molecule has 7 aromatic carbocycles. The molecule has 0 aromatic heterocycles. The van der Waals surface area contributed by atoms with Gasteiger partial charge in [-0.1, -0.05) is 48.5 Å². The van der Waals surface area contributed by atoms with E-state index in [0.29, 0.717) is 22.3 Å². The van der Waals surface area contributed by atoms with E-state index in [1.807, 2.05) is 24.3 Å². The molecule has 0 spiro atoms. The lowest BCUT2D eigenvalue weighted by molar-refractivity contribution is -0.138. The van der Waals surface area contributed by atoms with Crippen molar-refractivity contribution < 1.29 is 52.7 Å². The molecule has 2 aliphatic rings. The Morgan fingerprint density at radius 1 is 0.257 bits per heavy atom. The van der Waals surface area contributed by atoms with E-state index in [1.165, 1.54) is 66.7 Å². The Bertz CT molecular complexity index is 3320. The highest BCUT2D eigenvalue weighted by atomic mass is 19.4. The standard InChI is InChI=1S/C54H22F12N4/c55-51(56,57)33-9-1-27(2-10-33)37-17-41-43-21-44-42-18-38(28-3-11-34(12-4-28)52(58,59)60)40(30-7-15-36(16-8-30)54(64,65)66)20-46(42)50(32(25-69)26-70)48(44)22-47(43)49(31(23-67)24-68)45(41)19-39(37)29-5-13-35(14-6-29)53(61,62)63/h1-22H. The van der Waals surface area contributed by atoms with E-state index in [0.717, 1.165) is 48.5 Å². The van der Waals surface area contributed by atoms with Gasteiger partial charge in [-0.25, -0.2) is 0 Å². The number of allylic oxidation sites excluding steroid dienone is 2. The van der Waals surface area contributed by atoms with Crippen LogP contribution in [0.2, 0.25) is 0 Å². The number of rotatable bonds is 4. The van der Waals surface area contributed by atoms with Crippen molar-refractivity contribution in [2.24, 2.45) is 0 Å². The highest BCUT2D eigenvalue weighted by molar-refractivity contribution is 6.13. The second-order valence-corrected chi connectivity index (χ2v) is 16.1. The lowest BCUT2D eigenvalue weighted by atomic mass is 9.87. The van der Waals surface area contributed by atoms with Crippen LogP contribution in [0, 0.1) is 45.3 Å². The molecular formula is C54H22F12N4. The van der Waals surface area contributed by atoms with Crippen LogP contribution in [0.15, 0.2) is 145 Å². The highest BCUT2D eigenvalue weighted by Crippen LogP contribution is 2.57. The molecule has 0 amide bonds. The smallest absolute Gasteiger partial charge is 0.192 e. The third-order valence-electron chi connectivity index (χ3n) is 12.2. The molecule has 0 N–H and O–H groups in total. The monoisotopic (exact) mass is 954 g/mol. The van der Waals surface area contributed by atoms with Crippen molar-refractivity contribution >= 4 is 11.1 Å². The quantitative estimate of drug-likeness (QED) is 0.130. The molecule has 0 aliphatic heterocycles. The second kappa shape index (κ2) is 16.4. The first-order chi connectivity index (χ1) is 33.0. The van der Waals surface area contributed by atoms with E-state index in [2.05, 4.69) is 0 Å². The van der Waals surface area contributed by atoms with Gasteiger partial charge in [0.15, 0.2) is 0 Å². The normalized spacial score (nSPS) is 12.7. The van der Waals surface area contributed by atoms with Gasteiger partial charge in [-0.2, -0.15) is 73.7 Å². The molecule has 0 radical (unpaired) electrons. The number of benzene rings is 7. The summed E-state index contributed by atoms with van der Waals surface area (Å²) in [4.78, 5) is 0.